The van der Waals surface area contributed by atoms with Crippen LogP contribution in [0.25, 0.3) is 10.9 Å². The Labute approximate surface area is 118 Å². The SMILES string of the molecule is CCC(CCCl)NC(=O)c1cccc2ncccc12. The van der Waals surface area contributed by atoms with Crippen LogP contribution in [0.1, 0.15) is 30.1 Å². The first-order valence-electron chi connectivity index (χ1n) is 6.46. The highest BCUT2D eigenvalue weighted by atomic mass is 35.5. The zero-order valence-electron chi connectivity index (χ0n) is 10.9. The van der Waals surface area contributed by atoms with E-state index in [4.69, 9.17) is 11.6 Å². The number of alkyl halides is 1. The Balaban J connectivity index is 2.26. The topological polar surface area (TPSA) is 42.0 Å². The van der Waals surface area contributed by atoms with Crippen molar-refractivity contribution in [3.63, 3.8) is 0 Å². The maximum Gasteiger partial charge on any atom is 0.252 e. The summed E-state index contributed by atoms with van der Waals surface area (Å²) in [5.74, 6) is 0.492. The third-order valence-electron chi connectivity index (χ3n) is 3.18. The Morgan fingerprint density at radius 1 is 1.37 bits per heavy atom. The number of fused-ring (bicyclic) bond motifs is 1. The van der Waals surface area contributed by atoms with Gasteiger partial charge in [0.15, 0.2) is 0 Å². The van der Waals surface area contributed by atoms with E-state index < -0.39 is 0 Å². The zero-order chi connectivity index (χ0) is 13.7. The molecule has 100 valence electrons. The Morgan fingerprint density at radius 3 is 2.95 bits per heavy atom. The van der Waals surface area contributed by atoms with E-state index in [2.05, 4.69) is 10.3 Å². The number of aromatic nitrogens is 1. The van der Waals surface area contributed by atoms with E-state index in [1.807, 2.05) is 37.3 Å². The van der Waals surface area contributed by atoms with Crippen LogP contribution in [0.2, 0.25) is 0 Å². The summed E-state index contributed by atoms with van der Waals surface area (Å²) < 4.78 is 0. The smallest absolute Gasteiger partial charge is 0.252 e. The van der Waals surface area contributed by atoms with Gasteiger partial charge in [-0.2, -0.15) is 0 Å². The summed E-state index contributed by atoms with van der Waals surface area (Å²) in [5.41, 5.74) is 1.50. The Bertz CT molecular complexity index is 566. The summed E-state index contributed by atoms with van der Waals surface area (Å²) in [7, 11) is 0. The van der Waals surface area contributed by atoms with E-state index in [-0.39, 0.29) is 11.9 Å². The lowest BCUT2D eigenvalue weighted by Gasteiger charge is -2.16. The average molecular weight is 277 g/mol. The van der Waals surface area contributed by atoms with Gasteiger partial charge in [0.1, 0.15) is 0 Å². The molecule has 0 radical (unpaired) electrons. The van der Waals surface area contributed by atoms with Crippen molar-refractivity contribution in [1.29, 1.82) is 0 Å². The molecule has 1 atom stereocenters. The van der Waals surface area contributed by atoms with Crippen LogP contribution in [0.15, 0.2) is 36.5 Å². The summed E-state index contributed by atoms with van der Waals surface area (Å²) in [5, 5.41) is 3.90. The number of carbonyl (C=O) groups excluding carboxylic acids is 1. The molecule has 0 bridgehead atoms. The van der Waals surface area contributed by atoms with E-state index in [1.165, 1.54) is 0 Å². The maximum absolute atomic E-state index is 12.3. The van der Waals surface area contributed by atoms with E-state index >= 15 is 0 Å². The number of nitrogens with zero attached hydrogens (tertiary/aromatic N) is 1. The van der Waals surface area contributed by atoms with Gasteiger partial charge < -0.3 is 5.32 Å². The largest absolute Gasteiger partial charge is 0.349 e. The van der Waals surface area contributed by atoms with E-state index in [9.17, 15) is 4.79 Å². The van der Waals surface area contributed by atoms with Gasteiger partial charge in [0, 0.05) is 29.1 Å². The molecule has 1 aromatic heterocycles. The molecule has 3 nitrogen and oxygen atoms in total. The fourth-order valence-corrected chi connectivity index (χ4v) is 2.34. The average Bonchev–Trinajstić information content (AvgIpc) is 2.46. The van der Waals surface area contributed by atoms with Crippen LogP contribution >= 0.6 is 11.6 Å². The molecule has 0 aliphatic rings. The highest BCUT2D eigenvalue weighted by molar-refractivity contribution is 6.17. The lowest BCUT2D eigenvalue weighted by molar-refractivity contribution is 0.0937. The van der Waals surface area contributed by atoms with Gasteiger partial charge in [0.2, 0.25) is 0 Å². The standard InChI is InChI=1S/C15H17ClN2O/c1-2-11(8-9-16)18-15(19)13-5-3-7-14-12(13)6-4-10-17-14/h3-7,10-11H,2,8-9H2,1H3,(H,18,19). The first-order chi connectivity index (χ1) is 9.26. The summed E-state index contributed by atoms with van der Waals surface area (Å²) in [6, 6.07) is 9.47. The van der Waals surface area contributed by atoms with Crippen molar-refractivity contribution < 1.29 is 4.79 Å². The van der Waals surface area contributed by atoms with Gasteiger partial charge in [-0.15, -0.1) is 11.6 Å². The molecule has 1 amide bonds. The normalized spacial score (nSPS) is 12.3. The number of hydrogen-bond acceptors (Lipinski definition) is 2. The van der Waals surface area contributed by atoms with Crippen molar-refractivity contribution in [2.45, 2.75) is 25.8 Å². The second kappa shape index (κ2) is 6.53. The second-order valence-corrected chi connectivity index (χ2v) is 4.81. The number of amides is 1. The molecule has 1 unspecified atom stereocenters. The van der Waals surface area contributed by atoms with Crippen LogP contribution < -0.4 is 5.32 Å². The molecule has 1 N–H and O–H groups in total. The number of benzene rings is 1. The fraction of sp³-hybridized carbons (Fsp3) is 0.333. The molecule has 0 fully saturated rings. The molecule has 0 saturated heterocycles. The molecule has 0 spiro atoms. The van der Waals surface area contributed by atoms with E-state index in [1.54, 1.807) is 6.20 Å². The number of rotatable bonds is 5. The van der Waals surface area contributed by atoms with Crippen molar-refractivity contribution in [3.05, 3.63) is 42.1 Å². The predicted octanol–water partition coefficient (Wildman–Crippen LogP) is 3.37. The number of halogens is 1. The second-order valence-electron chi connectivity index (χ2n) is 4.43. The molecule has 19 heavy (non-hydrogen) atoms. The van der Waals surface area contributed by atoms with Gasteiger partial charge >= 0.3 is 0 Å². The van der Waals surface area contributed by atoms with Crippen LogP contribution in [0.3, 0.4) is 0 Å². The van der Waals surface area contributed by atoms with Gasteiger partial charge in [-0.3, -0.25) is 9.78 Å². The molecule has 0 aliphatic carbocycles. The van der Waals surface area contributed by atoms with Crippen molar-refractivity contribution >= 4 is 28.4 Å². The van der Waals surface area contributed by atoms with E-state index in [0.29, 0.717) is 11.4 Å². The van der Waals surface area contributed by atoms with Crippen molar-refractivity contribution in [1.82, 2.24) is 10.3 Å². The minimum atomic E-state index is -0.0597. The molecule has 0 saturated carbocycles. The third-order valence-corrected chi connectivity index (χ3v) is 3.39. The molecule has 1 heterocycles. The molecule has 0 aliphatic heterocycles. The molecule has 2 rings (SSSR count). The van der Waals surface area contributed by atoms with Gasteiger partial charge in [-0.25, -0.2) is 0 Å². The summed E-state index contributed by atoms with van der Waals surface area (Å²) in [6.07, 6.45) is 3.39. The Kier molecular flexibility index (Phi) is 4.74. The quantitative estimate of drug-likeness (QED) is 0.851. The van der Waals surface area contributed by atoms with Crippen LogP contribution in [-0.2, 0) is 0 Å². The fourth-order valence-electron chi connectivity index (χ4n) is 2.07. The maximum atomic E-state index is 12.3. The summed E-state index contributed by atoms with van der Waals surface area (Å²) in [6.45, 7) is 2.04. The third kappa shape index (κ3) is 3.24. The first kappa shape index (κ1) is 13.8. The summed E-state index contributed by atoms with van der Waals surface area (Å²) in [4.78, 5) is 16.6. The minimum Gasteiger partial charge on any atom is -0.349 e. The molecule has 2 aromatic rings. The molecule has 4 heteroatoms. The van der Waals surface area contributed by atoms with Gasteiger partial charge in [0.25, 0.3) is 5.91 Å². The van der Waals surface area contributed by atoms with Crippen LogP contribution in [0.4, 0.5) is 0 Å². The highest BCUT2D eigenvalue weighted by Gasteiger charge is 2.14. The lowest BCUT2D eigenvalue weighted by atomic mass is 10.1. The number of carbonyl (C=O) groups is 1. The highest BCUT2D eigenvalue weighted by Crippen LogP contribution is 2.16. The first-order valence-corrected chi connectivity index (χ1v) is 7.00. The van der Waals surface area contributed by atoms with Crippen molar-refractivity contribution in [3.8, 4) is 0 Å². The summed E-state index contributed by atoms with van der Waals surface area (Å²) >= 11 is 5.74. The Hall–Kier alpha value is -1.61. The van der Waals surface area contributed by atoms with E-state index in [0.717, 1.165) is 23.7 Å². The van der Waals surface area contributed by atoms with Crippen molar-refractivity contribution in [2.75, 3.05) is 5.88 Å². The van der Waals surface area contributed by atoms with Gasteiger partial charge in [-0.05, 0) is 31.0 Å². The predicted molar refractivity (Wildman–Crippen MR) is 78.6 cm³/mol. The van der Waals surface area contributed by atoms with Crippen LogP contribution in [0, 0.1) is 0 Å². The van der Waals surface area contributed by atoms with Gasteiger partial charge in [-0.1, -0.05) is 19.1 Å². The monoisotopic (exact) mass is 276 g/mol. The number of hydrogen-bond donors (Lipinski definition) is 1. The van der Waals surface area contributed by atoms with Crippen LogP contribution in [0.5, 0.6) is 0 Å². The molecular formula is C15H17ClN2O. The van der Waals surface area contributed by atoms with Crippen LogP contribution in [-0.4, -0.2) is 22.8 Å². The number of nitrogens with one attached hydrogen (secondary N) is 1. The van der Waals surface area contributed by atoms with Crippen molar-refractivity contribution in [2.24, 2.45) is 0 Å². The molecule has 1 aromatic carbocycles. The minimum absolute atomic E-state index is 0.0597. The lowest BCUT2D eigenvalue weighted by Crippen LogP contribution is -2.34. The number of pyridine rings is 1. The molecular weight excluding hydrogens is 260 g/mol. The Morgan fingerprint density at radius 2 is 2.21 bits per heavy atom. The van der Waals surface area contributed by atoms with Gasteiger partial charge in [0.05, 0.1) is 5.52 Å². The zero-order valence-corrected chi connectivity index (χ0v) is 11.7.